The van der Waals surface area contributed by atoms with E-state index in [0.29, 0.717) is 18.2 Å². The zero-order chi connectivity index (χ0) is 15.6. The molecule has 2 heterocycles. The van der Waals surface area contributed by atoms with Gasteiger partial charge in [-0.15, -0.1) is 0 Å². The fraction of sp³-hybridized carbons (Fsp3) is 0.333. The molecule has 118 valence electrons. The molecule has 4 rings (SSSR count). The SMILES string of the molecule is O=C(Nc1ccnn1C1CCCC1)C1=Cc2ccccc2OC1. The van der Waals surface area contributed by atoms with E-state index in [0.717, 1.165) is 30.0 Å². The molecule has 1 fully saturated rings. The van der Waals surface area contributed by atoms with Crippen LogP contribution < -0.4 is 10.1 Å². The molecule has 2 aliphatic rings. The van der Waals surface area contributed by atoms with Gasteiger partial charge in [-0.1, -0.05) is 31.0 Å². The number of carbonyl (C=O) groups is 1. The van der Waals surface area contributed by atoms with E-state index >= 15 is 0 Å². The van der Waals surface area contributed by atoms with Crippen LogP contribution in [0, 0.1) is 0 Å². The maximum Gasteiger partial charge on any atom is 0.256 e. The molecule has 5 nitrogen and oxygen atoms in total. The lowest BCUT2D eigenvalue weighted by Gasteiger charge is -2.19. The summed E-state index contributed by atoms with van der Waals surface area (Å²) in [7, 11) is 0. The van der Waals surface area contributed by atoms with Crippen LogP contribution in [0.4, 0.5) is 5.82 Å². The number of nitrogens with zero attached hydrogens (tertiary/aromatic N) is 2. The number of hydrogen-bond acceptors (Lipinski definition) is 3. The summed E-state index contributed by atoms with van der Waals surface area (Å²) < 4.78 is 7.60. The van der Waals surface area contributed by atoms with Crippen LogP contribution in [-0.4, -0.2) is 22.3 Å². The van der Waals surface area contributed by atoms with Crippen LogP contribution in [0.2, 0.25) is 0 Å². The molecule has 0 unspecified atom stereocenters. The third-order valence-corrected chi connectivity index (χ3v) is 4.51. The van der Waals surface area contributed by atoms with Crippen LogP contribution in [0.15, 0.2) is 42.1 Å². The second-order valence-electron chi connectivity index (χ2n) is 6.05. The van der Waals surface area contributed by atoms with E-state index in [1.165, 1.54) is 12.8 Å². The molecule has 0 bridgehead atoms. The highest BCUT2D eigenvalue weighted by Crippen LogP contribution is 2.31. The van der Waals surface area contributed by atoms with Gasteiger partial charge >= 0.3 is 0 Å². The van der Waals surface area contributed by atoms with Crippen molar-refractivity contribution in [3.05, 3.63) is 47.7 Å². The van der Waals surface area contributed by atoms with Crippen molar-refractivity contribution < 1.29 is 9.53 Å². The number of anilines is 1. The van der Waals surface area contributed by atoms with Gasteiger partial charge in [-0.3, -0.25) is 4.79 Å². The van der Waals surface area contributed by atoms with Gasteiger partial charge in [-0.25, -0.2) is 4.68 Å². The Bertz CT molecular complexity index is 757. The van der Waals surface area contributed by atoms with Crippen LogP contribution in [0.3, 0.4) is 0 Å². The van der Waals surface area contributed by atoms with Crippen molar-refractivity contribution in [3.8, 4) is 5.75 Å². The monoisotopic (exact) mass is 309 g/mol. The first-order valence-electron chi connectivity index (χ1n) is 8.08. The minimum atomic E-state index is -0.126. The summed E-state index contributed by atoms with van der Waals surface area (Å²) in [6.07, 6.45) is 8.36. The highest BCUT2D eigenvalue weighted by atomic mass is 16.5. The molecule has 1 amide bonds. The lowest BCUT2D eigenvalue weighted by molar-refractivity contribution is -0.113. The van der Waals surface area contributed by atoms with Crippen molar-refractivity contribution in [2.45, 2.75) is 31.7 Å². The Hall–Kier alpha value is -2.56. The molecule has 2 aromatic rings. The molecule has 1 N–H and O–H groups in total. The Morgan fingerprint density at radius 2 is 2.04 bits per heavy atom. The third kappa shape index (κ3) is 2.74. The average molecular weight is 309 g/mol. The summed E-state index contributed by atoms with van der Waals surface area (Å²) in [6.45, 7) is 0.292. The van der Waals surface area contributed by atoms with Gasteiger partial charge in [0.2, 0.25) is 0 Å². The van der Waals surface area contributed by atoms with Gasteiger partial charge in [0, 0.05) is 11.6 Å². The van der Waals surface area contributed by atoms with E-state index in [9.17, 15) is 4.79 Å². The molecular weight excluding hydrogens is 290 g/mol. The van der Waals surface area contributed by atoms with Crippen molar-refractivity contribution >= 4 is 17.8 Å². The number of aromatic nitrogens is 2. The quantitative estimate of drug-likeness (QED) is 0.945. The number of fused-ring (bicyclic) bond motifs is 1. The number of para-hydroxylation sites is 1. The van der Waals surface area contributed by atoms with Crippen LogP contribution in [0.5, 0.6) is 5.75 Å². The van der Waals surface area contributed by atoms with Crippen LogP contribution in [-0.2, 0) is 4.79 Å². The fourth-order valence-electron chi connectivity index (χ4n) is 3.30. The van der Waals surface area contributed by atoms with Crippen molar-refractivity contribution in [3.63, 3.8) is 0 Å². The molecule has 0 atom stereocenters. The first-order chi connectivity index (χ1) is 11.3. The van der Waals surface area contributed by atoms with E-state index in [4.69, 9.17) is 4.74 Å². The van der Waals surface area contributed by atoms with Crippen molar-refractivity contribution in [1.29, 1.82) is 0 Å². The second kappa shape index (κ2) is 5.91. The summed E-state index contributed by atoms with van der Waals surface area (Å²) in [5.74, 6) is 1.46. The highest BCUT2D eigenvalue weighted by Gasteiger charge is 2.22. The van der Waals surface area contributed by atoms with Gasteiger partial charge in [0.1, 0.15) is 18.2 Å². The molecule has 5 heteroatoms. The van der Waals surface area contributed by atoms with Gasteiger partial charge in [-0.05, 0) is 25.0 Å². The number of carbonyl (C=O) groups excluding carboxylic acids is 1. The number of benzene rings is 1. The fourth-order valence-corrected chi connectivity index (χ4v) is 3.30. The van der Waals surface area contributed by atoms with Crippen LogP contribution in [0.25, 0.3) is 6.08 Å². The third-order valence-electron chi connectivity index (χ3n) is 4.51. The minimum Gasteiger partial charge on any atom is -0.488 e. The summed E-state index contributed by atoms with van der Waals surface area (Å²) >= 11 is 0. The Morgan fingerprint density at radius 3 is 2.91 bits per heavy atom. The lowest BCUT2D eigenvalue weighted by Crippen LogP contribution is -2.23. The van der Waals surface area contributed by atoms with E-state index in [2.05, 4.69) is 10.4 Å². The van der Waals surface area contributed by atoms with Crippen LogP contribution in [0.1, 0.15) is 37.3 Å². The largest absolute Gasteiger partial charge is 0.488 e. The molecule has 0 radical (unpaired) electrons. The van der Waals surface area contributed by atoms with E-state index in [-0.39, 0.29) is 5.91 Å². The van der Waals surface area contributed by atoms with E-state index in [1.807, 2.05) is 41.1 Å². The predicted molar refractivity (Wildman–Crippen MR) is 88.3 cm³/mol. The van der Waals surface area contributed by atoms with Gasteiger partial charge < -0.3 is 10.1 Å². The zero-order valence-corrected chi connectivity index (χ0v) is 12.9. The maximum absolute atomic E-state index is 12.5. The normalized spacial score (nSPS) is 17.3. The van der Waals surface area contributed by atoms with Crippen LogP contribution >= 0.6 is 0 Å². The molecule has 23 heavy (non-hydrogen) atoms. The molecule has 1 saturated carbocycles. The number of rotatable bonds is 3. The Balaban J connectivity index is 1.53. The molecule has 1 aromatic carbocycles. The Kier molecular flexibility index (Phi) is 3.61. The lowest BCUT2D eigenvalue weighted by atomic mass is 10.1. The average Bonchev–Trinajstić information content (AvgIpc) is 3.25. The predicted octanol–water partition coefficient (Wildman–Crippen LogP) is 3.41. The van der Waals surface area contributed by atoms with Gasteiger partial charge in [0.05, 0.1) is 17.8 Å². The smallest absolute Gasteiger partial charge is 0.256 e. The van der Waals surface area contributed by atoms with E-state index < -0.39 is 0 Å². The number of amides is 1. The summed E-state index contributed by atoms with van der Waals surface area (Å²) in [5, 5.41) is 7.36. The highest BCUT2D eigenvalue weighted by molar-refractivity contribution is 6.07. The first-order valence-corrected chi connectivity index (χ1v) is 8.08. The van der Waals surface area contributed by atoms with Gasteiger partial charge in [-0.2, -0.15) is 5.10 Å². The number of nitrogens with one attached hydrogen (secondary N) is 1. The van der Waals surface area contributed by atoms with E-state index in [1.54, 1.807) is 6.20 Å². The Labute approximate surface area is 135 Å². The molecular formula is C18H19N3O2. The molecule has 1 aromatic heterocycles. The van der Waals surface area contributed by atoms with Gasteiger partial charge in [0.25, 0.3) is 5.91 Å². The number of ether oxygens (including phenoxy) is 1. The van der Waals surface area contributed by atoms with Crippen molar-refractivity contribution in [2.75, 3.05) is 11.9 Å². The van der Waals surface area contributed by atoms with Gasteiger partial charge in [0.15, 0.2) is 0 Å². The Morgan fingerprint density at radius 1 is 1.22 bits per heavy atom. The first kappa shape index (κ1) is 14.1. The second-order valence-corrected chi connectivity index (χ2v) is 6.05. The molecule has 0 saturated heterocycles. The molecule has 1 aliphatic carbocycles. The zero-order valence-electron chi connectivity index (χ0n) is 12.9. The minimum absolute atomic E-state index is 0.126. The summed E-state index contributed by atoms with van der Waals surface area (Å²) in [4.78, 5) is 12.5. The summed E-state index contributed by atoms with van der Waals surface area (Å²) in [6, 6.07) is 9.99. The molecule has 0 spiro atoms. The number of hydrogen-bond donors (Lipinski definition) is 1. The standard InChI is InChI=1S/C18H19N3O2/c22-18(14-11-13-5-1-4-8-16(13)23-12-14)20-17-9-10-19-21(17)15-6-2-3-7-15/h1,4-5,8-11,15H,2-3,6-7,12H2,(H,20,22). The maximum atomic E-state index is 12.5. The van der Waals surface area contributed by atoms with Crippen molar-refractivity contribution in [1.82, 2.24) is 9.78 Å². The molecule has 1 aliphatic heterocycles. The topological polar surface area (TPSA) is 56.2 Å². The van der Waals surface area contributed by atoms with Crippen molar-refractivity contribution in [2.24, 2.45) is 0 Å². The summed E-state index contributed by atoms with van der Waals surface area (Å²) in [5.41, 5.74) is 1.57.